The number of nitriles is 1. The largest absolute Gasteiger partial charge is 0.497 e. The lowest BCUT2D eigenvalue weighted by Crippen LogP contribution is -1.97. The number of halogens is 1. The number of benzene rings is 1. The number of methoxy groups -OCH3 is 1. The molecule has 92 valence electrons. The van der Waals surface area contributed by atoms with E-state index < -0.39 is 0 Å². The molecule has 1 heterocycles. The predicted molar refractivity (Wildman–Crippen MR) is 69.2 cm³/mol. The molecule has 5 heteroatoms. The molecule has 0 aliphatic carbocycles. The number of aryl methyl sites for hydroxylation is 1. The average molecular weight is 262 g/mol. The van der Waals surface area contributed by atoms with Crippen molar-refractivity contribution in [3.63, 3.8) is 0 Å². The molecule has 0 fully saturated rings. The smallest absolute Gasteiger partial charge is 0.137 e. The van der Waals surface area contributed by atoms with Gasteiger partial charge < -0.3 is 4.74 Å². The molecular formula is C13H12ClN3O. The molecule has 1 aromatic heterocycles. The average Bonchev–Trinajstić information content (AvgIpc) is 2.67. The maximum Gasteiger partial charge on any atom is 0.137 e. The maximum atomic E-state index is 8.76. The Hall–Kier alpha value is -1.99. The third kappa shape index (κ3) is 2.18. The van der Waals surface area contributed by atoms with E-state index in [0.29, 0.717) is 5.15 Å². The zero-order valence-corrected chi connectivity index (χ0v) is 10.9. The van der Waals surface area contributed by atoms with Crippen LogP contribution >= 0.6 is 11.6 Å². The van der Waals surface area contributed by atoms with Crippen LogP contribution in [0.1, 0.15) is 11.3 Å². The van der Waals surface area contributed by atoms with Crippen molar-refractivity contribution >= 4 is 11.6 Å². The molecule has 0 aliphatic heterocycles. The molecule has 0 bridgehead atoms. The van der Waals surface area contributed by atoms with Crippen molar-refractivity contribution in [1.82, 2.24) is 9.78 Å². The van der Waals surface area contributed by atoms with Crippen molar-refractivity contribution in [2.75, 3.05) is 7.11 Å². The van der Waals surface area contributed by atoms with Crippen molar-refractivity contribution in [1.29, 1.82) is 5.26 Å². The SMILES string of the molecule is COc1cccc(-n2nc(C)c(CC#N)c2Cl)c1. The van der Waals surface area contributed by atoms with Crippen LogP contribution < -0.4 is 4.74 Å². The second kappa shape index (κ2) is 5.11. The number of aromatic nitrogens is 2. The van der Waals surface area contributed by atoms with Crippen LogP contribution in [0.5, 0.6) is 5.75 Å². The van der Waals surface area contributed by atoms with E-state index in [-0.39, 0.29) is 6.42 Å². The van der Waals surface area contributed by atoms with Gasteiger partial charge in [-0.3, -0.25) is 0 Å². The first-order valence-corrected chi connectivity index (χ1v) is 5.80. The Balaban J connectivity index is 2.51. The van der Waals surface area contributed by atoms with E-state index in [1.54, 1.807) is 11.8 Å². The maximum absolute atomic E-state index is 8.76. The van der Waals surface area contributed by atoms with Crippen molar-refractivity contribution in [2.45, 2.75) is 13.3 Å². The van der Waals surface area contributed by atoms with E-state index in [1.807, 2.05) is 31.2 Å². The highest BCUT2D eigenvalue weighted by molar-refractivity contribution is 6.30. The Bertz CT molecular complexity index is 613. The lowest BCUT2D eigenvalue weighted by atomic mass is 10.2. The third-order valence-corrected chi connectivity index (χ3v) is 3.06. The molecule has 18 heavy (non-hydrogen) atoms. The van der Waals surface area contributed by atoms with Gasteiger partial charge in [0.2, 0.25) is 0 Å². The monoisotopic (exact) mass is 261 g/mol. The molecule has 1 aromatic carbocycles. The third-order valence-electron chi connectivity index (χ3n) is 2.68. The number of rotatable bonds is 3. The minimum Gasteiger partial charge on any atom is -0.497 e. The molecular weight excluding hydrogens is 250 g/mol. The fourth-order valence-electron chi connectivity index (χ4n) is 1.72. The van der Waals surface area contributed by atoms with Gasteiger partial charge in [-0.05, 0) is 19.1 Å². The summed E-state index contributed by atoms with van der Waals surface area (Å²) < 4.78 is 6.78. The fraction of sp³-hybridized carbons (Fsp3) is 0.231. The molecule has 2 aromatic rings. The molecule has 0 N–H and O–H groups in total. The summed E-state index contributed by atoms with van der Waals surface area (Å²) in [6.45, 7) is 1.84. The van der Waals surface area contributed by atoms with Gasteiger partial charge in [0.25, 0.3) is 0 Å². The van der Waals surface area contributed by atoms with Crippen LogP contribution in [0.2, 0.25) is 5.15 Å². The van der Waals surface area contributed by atoms with Gasteiger partial charge in [0.15, 0.2) is 0 Å². The molecule has 0 atom stereocenters. The Morgan fingerprint density at radius 3 is 2.94 bits per heavy atom. The van der Waals surface area contributed by atoms with Gasteiger partial charge in [-0.15, -0.1) is 0 Å². The fourth-order valence-corrected chi connectivity index (χ4v) is 2.06. The Kier molecular flexibility index (Phi) is 3.54. The summed E-state index contributed by atoms with van der Waals surface area (Å²) in [5.74, 6) is 0.735. The quantitative estimate of drug-likeness (QED) is 0.854. The van der Waals surface area contributed by atoms with E-state index in [0.717, 1.165) is 22.7 Å². The minimum absolute atomic E-state index is 0.259. The number of ether oxygens (including phenoxy) is 1. The van der Waals surface area contributed by atoms with Gasteiger partial charge >= 0.3 is 0 Å². The first kappa shape index (κ1) is 12.5. The van der Waals surface area contributed by atoms with Crippen molar-refractivity contribution in [2.24, 2.45) is 0 Å². The van der Waals surface area contributed by atoms with Crippen molar-refractivity contribution in [3.8, 4) is 17.5 Å². The van der Waals surface area contributed by atoms with Crippen LogP contribution in [-0.4, -0.2) is 16.9 Å². The number of hydrogen-bond donors (Lipinski definition) is 0. The zero-order chi connectivity index (χ0) is 13.1. The van der Waals surface area contributed by atoms with Gasteiger partial charge in [-0.25, -0.2) is 4.68 Å². The number of nitrogens with zero attached hydrogens (tertiary/aromatic N) is 3. The summed E-state index contributed by atoms with van der Waals surface area (Å²) in [7, 11) is 1.61. The van der Waals surface area contributed by atoms with Gasteiger partial charge in [-0.1, -0.05) is 17.7 Å². The topological polar surface area (TPSA) is 50.8 Å². The molecule has 0 unspecified atom stereocenters. The Labute approximate surface area is 110 Å². The first-order valence-electron chi connectivity index (χ1n) is 5.42. The van der Waals surface area contributed by atoms with E-state index in [4.69, 9.17) is 21.6 Å². The van der Waals surface area contributed by atoms with E-state index in [2.05, 4.69) is 11.2 Å². The molecule has 0 aliphatic rings. The molecule has 2 rings (SSSR count). The molecule has 0 amide bonds. The standard InChI is InChI=1S/C13H12ClN3O/c1-9-12(6-7-15)13(14)17(16-9)10-4-3-5-11(8-10)18-2/h3-5,8H,6H2,1-2H3. The van der Waals surface area contributed by atoms with Crippen LogP contribution in [0.25, 0.3) is 5.69 Å². The van der Waals surface area contributed by atoms with Gasteiger partial charge in [0, 0.05) is 11.6 Å². The van der Waals surface area contributed by atoms with Gasteiger partial charge in [0.05, 0.1) is 31.0 Å². The van der Waals surface area contributed by atoms with Crippen LogP contribution in [0.3, 0.4) is 0 Å². The van der Waals surface area contributed by atoms with E-state index in [1.165, 1.54) is 0 Å². The van der Waals surface area contributed by atoms with Crippen molar-refractivity contribution < 1.29 is 4.74 Å². The van der Waals surface area contributed by atoms with Crippen LogP contribution in [-0.2, 0) is 6.42 Å². The minimum atomic E-state index is 0.259. The lowest BCUT2D eigenvalue weighted by Gasteiger charge is -2.05. The molecule has 0 spiro atoms. The summed E-state index contributed by atoms with van der Waals surface area (Å²) in [4.78, 5) is 0. The lowest BCUT2D eigenvalue weighted by molar-refractivity contribution is 0.414. The number of hydrogen-bond acceptors (Lipinski definition) is 3. The second-order valence-electron chi connectivity index (χ2n) is 3.80. The first-order chi connectivity index (χ1) is 8.67. The van der Waals surface area contributed by atoms with Crippen LogP contribution in [0.4, 0.5) is 0 Å². The van der Waals surface area contributed by atoms with Crippen LogP contribution in [0.15, 0.2) is 24.3 Å². The molecule has 0 saturated carbocycles. The van der Waals surface area contributed by atoms with Gasteiger partial charge in [-0.2, -0.15) is 10.4 Å². The summed E-state index contributed by atoms with van der Waals surface area (Å²) in [5, 5.41) is 13.6. The van der Waals surface area contributed by atoms with Crippen LogP contribution in [0, 0.1) is 18.3 Å². The van der Waals surface area contributed by atoms with E-state index in [9.17, 15) is 0 Å². The summed E-state index contributed by atoms with van der Waals surface area (Å²) in [6.07, 6.45) is 0.259. The second-order valence-corrected chi connectivity index (χ2v) is 4.16. The van der Waals surface area contributed by atoms with Crippen molar-refractivity contribution in [3.05, 3.63) is 40.7 Å². The predicted octanol–water partition coefficient (Wildman–Crippen LogP) is 2.91. The molecule has 4 nitrogen and oxygen atoms in total. The highest BCUT2D eigenvalue weighted by atomic mass is 35.5. The summed E-state index contributed by atoms with van der Waals surface area (Å²) in [5.41, 5.74) is 2.35. The zero-order valence-electron chi connectivity index (χ0n) is 10.1. The van der Waals surface area contributed by atoms with E-state index >= 15 is 0 Å². The summed E-state index contributed by atoms with van der Waals surface area (Å²) >= 11 is 6.25. The highest BCUT2D eigenvalue weighted by Gasteiger charge is 2.14. The molecule has 0 saturated heterocycles. The van der Waals surface area contributed by atoms with Gasteiger partial charge in [0.1, 0.15) is 10.9 Å². The Morgan fingerprint density at radius 1 is 1.50 bits per heavy atom. The normalized spacial score (nSPS) is 10.1. The molecule has 0 radical (unpaired) electrons. The highest BCUT2D eigenvalue weighted by Crippen LogP contribution is 2.25. The summed E-state index contributed by atoms with van der Waals surface area (Å²) in [6, 6.07) is 9.54. The Morgan fingerprint density at radius 2 is 2.28 bits per heavy atom.